The maximum atomic E-state index is 13.0. The number of hydrogen-bond donors (Lipinski definition) is 2. The third kappa shape index (κ3) is 4.14. The molecule has 11 nitrogen and oxygen atoms in total. The number of nitrogens with two attached hydrogens (primary N) is 1. The standard InChI is InChI=1S/C22H22N6O5S2/c1-33-26-15(13-10-35-22(23)24-13)18(29)25-16-19(30)28-17(21(31)32)12(9-34-20(16)28)8-27-7-3-5-11-4-2-6-14(11)27/h3,5,7,10,16,20H,2,4,6,8-9H2,1H3,(H3-,23,24,25,29,31,32)/b26-15-/t16-,20+/m1/s1. The number of nitrogen functional groups attached to an aromatic ring is 1. The molecule has 2 aromatic rings. The number of carboxylic acid groups (broad SMARTS) is 1. The number of carboxylic acids is 1. The number of β-lactam (4-membered cyclic amide) rings is 1. The summed E-state index contributed by atoms with van der Waals surface area (Å²) in [5, 5.41) is 19.7. The van der Waals surface area contributed by atoms with Gasteiger partial charge in [-0.15, -0.1) is 23.1 Å². The Morgan fingerprint density at radius 2 is 2.26 bits per heavy atom. The number of fused-ring (bicyclic) bond motifs is 2. The Kier molecular flexibility index (Phi) is 6.19. The molecule has 1 fully saturated rings. The maximum Gasteiger partial charge on any atom is 0.276 e. The molecule has 0 radical (unpaired) electrons. The first-order valence-electron chi connectivity index (χ1n) is 10.9. The maximum absolute atomic E-state index is 13.0. The van der Waals surface area contributed by atoms with E-state index in [-0.39, 0.29) is 22.2 Å². The predicted molar refractivity (Wildman–Crippen MR) is 126 cm³/mol. The van der Waals surface area contributed by atoms with Gasteiger partial charge in [-0.25, -0.2) is 4.98 Å². The molecule has 13 heteroatoms. The fourth-order valence-electron chi connectivity index (χ4n) is 4.66. The highest BCUT2D eigenvalue weighted by atomic mass is 32.2. The van der Waals surface area contributed by atoms with Gasteiger partial charge in [0.2, 0.25) is 0 Å². The van der Waals surface area contributed by atoms with Crippen LogP contribution in [0.1, 0.15) is 23.4 Å². The van der Waals surface area contributed by atoms with E-state index in [1.807, 2.05) is 12.3 Å². The first-order valence-corrected chi connectivity index (χ1v) is 12.8. The zero-order valence-electron chi connectivity index (χ0n) is 18.7. The molecule has 1 saturated heterocycles. The van der Waals surface area contributed by atoms with E-state index in [1.165, 1.54) is 35.0 Å². The van der Waals surface area contributed by atoms with Crippen molar-refractivity contribution in [1.29, 1.82) is 0 Å². The number of nitrogens with zero attached hydrogens (tertiary/aromatic N) is 4. The first kappa shape index (κ1) is 23.3. The van der Waals surface area contributed by atoms with E-state index in [2.05, 4.69) is 26.1 Å². The van der Waals surface area contributed by atoms with Crippen molar-refractivity contribution in [2.75, 3.05) is 18.6 Å². The third-order valence-corrected chi connectivity index (χ3v) is 8.20. The van der Waals surface area contributed by atoms with E-state index in [1.54, 1.807) is 5.38 Å². The van der Waals surface area contributed by atoms with Crippen LogP contribution in [0.15, 0.2) is 40.1 Å². The minimum Gasteiger partial charge on any atom is -0.543 e. The van der Waals surface area contributed by atoms with Crippen molar-refractivity contribution >= 4 is 51.7 Å². The van der Waals surface area contributed by atoms with E-state index in [4.69, 9.17) is 10.6 Å². The van der Waals surface area contributed by atoms with Crippen molar-refractivity contribution in [3.63, 3.8) is 0 Å². The van der Waals surface area contributed by atoms with Gasteiger partial charge in [0.1, 0.15) is 24.2 Å². The number of aromatic nitrogens is 2. The minimum atomic E-state index is -1.41. The quantitative estimate of drug-likeness (QED) is 0.206. The Hall–Kier alpha value is -3.45. The van der Waals surface area contributed by atoms with Gasteiger partial charge in [0, 0.05) is 34.8 Å². The highest BCUT2D eigenvalue weighted by molar-refractivity contribution is 8.00. The molecule has 2 aromatic heterocycles. The molecule has 2 amide bonds. The summed E-state index contributed by atoms with van der Waals surface area (Å²) in [5.74, 6) is -2.21. The molecule has 0 unspecified atom stereocenters. The average molecular weight is 515 g/mol. The summed E-state index contributed by atoms with van der Waals surface area (Å²) in [5.41, 5.74) is 8.69. The number of pyridine rings is 1. The van der Waals surface area contributed by atoms with Crippen LogP contribution >= 0.6 is 23.1 Å². The van der Waals surface area contributed by atoms with Crippen LogP contribution in [0.3, 0.4) is 0 Å². The number of anilines is 1. The van der Waals surface area contributed by atoms with Gasteiger partial charge in [-0.1, -0.05) is 5.16 Å². The lowest BCUT2D eigenvalue weighted by Gasteiger charge is -2.50. The summed E-state index contributed by atoms with van der Waals surface area (Å²) in [4.78, 5) is 48.0. The highest BCUT2D eigenvalue weighted by Gasteiger charge is 2.53. The van der Waals surface area contributed by atoms with Gasteiger partial charge >= 0.3 is 0 Å². The summed E-state index contributed by atoms with van der Waals surface area (Å²) in [6, 6.07) is 3.12. The SMILES string of the molecule is CO/N=C(\C(=O)N[C@@H]1C(=O)N2C(C(=O)[O-])=C(C[n+]3cccc4c3CCC4)CS[C@@H]12)c1csc(N)n1. The number of nitrogens with one attached hydrogen (secondary N) is 1. The number of thiazole rings is 1. The zero-order chi connectivity index (χ0) is 24.7. The highest BCUT2D eigenvalue weighted by Crippen LogP contribution is 2.40. The second kappa shape index (κ2) is 9.30. The summed E-state index contributed by atoms with van der Waals surface area (Å²) >= 11 is 2.53. The number of thioether (sulfide) groups is 1. The van der Waals surface area contributed by atoms with Crippen LogP contribution in [0.4, 0.5) is 5.13 Å². The predicted octanol–water partition coefficient (Wildman–Crippen LogP) is -1.04. The molecule has 3 aliphatic rings. The van der Waals surface area contributed by atoms with Crippen molar-refractivity contribution in [3.05, 3.63) is 51.9 Å². The second-order valence-corrected chi connectivity index (χ2v) is 10.3. The molecule has 0 spiro atoms. The van der Waals surface area contributed by atoms with E-state index in [0.29, 0.717) is 17.9 Å². The van der Waals surface area contributed by atoms with Gasteiger partial charge in [0.15, 0.2) is 29.3 Å². The number of aliphatic carboxylic acids is 1. The van der Waals surface area contributed by atoms with E-state index >= 15 is 0 Å². The van der Waals surface area contributed by atoms with Crippen LogP contribution in [-0.2, 0) is 38.6 Å². The molecule has 2 aliphatic heterocycles. The molecular weight excluding hydrogens is 492 g/mol. The van der Waals surface area contributed by atoms with Gasteiger partial charge in [0.25, 0.3) is 11.8 Å². The third-order valence-electron chi connectivity index (χ3n) is 6.19. The topological polar surface area (TPSA) is 154 Å². The van der Waals surface area contributed by atoms with Crippen LogP contribution in [0.5, 0.6) is 0 Å². The van der Waals surface area contributed by atoms with Gasteiger partial charge in [0.05, 0.1) is 11.7 Å². The number of oxime groups is 1. The van der Waals surface area contributed by atoms with E-state index in [0.717, 1.165) is 30.6 Å². The van der Waals surface area contributed by atoms with E-state index < -0.39 is 29.2 Å². The Morgan fingerprint density at radius 3 is 2.97 bits per heavy atom. The number of carbonyl (C=O) groups excluding carboxylic acids is 3. The van der Waals surface area contributed by atoms with Crippen LogP contribution in [0, 0.1) is 0 Å². The molecule has 0 saturated carbocycles. The summed E-state index contributed by atoms with van der Waals surface area (Å²) in [6.07, 6.45) is 4.94. The lowest BCUT2D eigenvalue weighted by molar-refractivity contribution is -0.696. The molecule has 3 N–H and O–H groups in total. The normalized spacial score (nSPS) is 21.3. The molecule has 1 aliphatic carbocycles. The molecule has 0 aromatic carbocycles. The zero-order valence-corrected chi connectivity index (χ0v) is 20.4. The Balaban J connectivity index is 1.36. The van der Waals surface area contributed by atoms with Gasteiger partial charge < -0.3 is 25.8 Å². The van der Waals surface area contributed by atoms with Crippen LogP contribution < -0.4 is 20.7 Å². The lowest BCUT2D eigenvalue weighted by atomic mass is 10.0. The summed E-state index contributed by atoms with van der Waals surface area (Å²) < 4.78 is 2.05. The van der Waals surface area contributed by atoms with Crippen LogP contribution in [0.25, 0.3) is 0 Å². The molecule has 182 valence electrons. The smallest absolute Gasteiger partial charge is 0.276 e. The van der Waals surface area contributed by atoms with Crippen LogP contribution in [-0.4, -0.2) is 57.7 Å². The lowest BCUT2D eigenvalue weighted by Crippen LogP contribution is -2.71. The Labute approximate surface area is 208 Å². The van der Waals surface area contributed by atoms with Crippen molar-refractivity contribution in [2.45, 2.75) is 37.2 Å². The number of hydrogen-bond acceptors (Lipinski definition) is 10. The number of amides is 2. The Morgan fingerprint density at radius 1 is 1.43 bits per heavy atom. The fraction of sp³-hybridized carbons (Fsp3) is 0.364. The number of aryl methyl sites for hydroxylation is 1. The fourth-order valence-corrected chi connectivity index (χ4v) is 6.54. The first-order chi connectivity index (χ1) is 16.9. The average Bonchev–Trinajstić information content (AvgIpc) is 3.49. The molecule has 5 rings (SSSR count). The monoisotopic (exact) mass is 514 g/mol. The van der Waals surface area contributed by atoms with Crippen LogP contribution in [0.2, 0.25) is 0 Å². The second-order valence-electron chi connectivity index (χ2n) is 8.26. The van der Waals surface area contributed by atoms with Crippen molar-refractivity contribution in [1.82, 2.24) is 15.2 Å². The Bertz CT molecular complexity index is 1290. The van der Waals surface area contributed by atoms with Gasteiger partial charge in [-0.3, -0.25) is 14.5 Å². The molecule has 0 bridgehead atoms. The van der Waals surface area contributed by atoms with E-state index in [9.17, 15) is 19.5 Å². The molecule has 4 heterocycles. The summed E-state index contributed by atoms with van der Waals surface area (Å²) in [7, 11) is 1.29. The van der Waals surface area contributed by atoms with Gasteiger partial charge in [-0.2, -0.15) is 4.57 Å². The molecule has 35 heavy (non-hydrogen) atoms. The molecule has 2 atom stereocenters. The van der Waals surface area contributed by atoms with Crippen molar-refractivity contribution in [3.8, 4) is 0 Å². The number of rotatable bonds is 7. The molecular formula is C22H22N6O5S2. The minimum absolute atomic E-state index is 0.120. The summed E-state index contributed by atoms with van der Waals surface area (Å²) in [6.45, 7) is 0.364. The van der Waals surface area contributed by atoms with Gasteiger partial charge in [-0.05, 0) is 18.9 Å². The number of carbonyl (C=O) groups is 3. The van der Waals surface area contributed by atoms with Crippen molar-refractivity contribution in [2.24, 2.45) is 5.16 Å². The largest absolute Gasteiger partial charge is 0.543 e. The van der Waals surface area contributed by atoms with Crippen molar-refractivity contribution < 1.29 is 28.9 Å².